The largest absolute Gasteiger partial charge is 0.479 e. The summed E-state index contributed by atoms with van der Waals surface area (Å²) < 4.78 is 21.6. The van der Waals surface area contributed by atoms with E-state index in [1.165, 1.54) is 0 Å². The predicted octanol–water partition coefficient (Wildman–Crippen LogP) is 3.08. The number of nitrogens with zero attached hydrogens (tertiary/aromatic N) is 7. The van der Waals surface area contributed by atoms with Crippen molar-refractivity contribution in [1.29, 1.82) is 5.26 Å². The standard InChI is InChI=1S/C20H21FN8O/c1-20(2,11-22)12-23-19-24-18(30-3)17-14(6-8-29(17)26-19)13-4-5-15-16(10-13)28(9-7-21)27-25-15/h4-6,8,10H,7,9,12H2,1-3H3,(H,23,26). The van der Waals surface area contributed by atoms with Crippen LogP contribution in [0.5, 0.6) is 5.88 Å². The van der Waals surface area contributed by atoms with Crippen LogP contribution in [0.2, 0.25) is 0 Å². The molecule has 1 N–H and O–H groups in total. The summed E-state index contributed by atoms with van der Waals surface area (Å²) in [5.74, 6) is 0.767. The summed E-state index contributed by atoms with van der Waals surface area (Å²) in [6.45, 7) is 3.70. The molecule has 3 heterocycles. The van der Waals surface area contributed by atoms with Crippen LogP contribution >= 0.6 is 0 Å². The van der Waals surface area contributed by atoms with Gasteiger partial charge in [0.2, 0.25) is 11.8 Å². The van der Waals surface area contributed by atoms with Gasteiger partial charge in [0.1, 0.15) is 17.7 Å². The minimum Gasteiger partial charge on any atom is -0.479 e. The van der Waals surface area contributed by atoms with Gasteiger partial charge in [-0.3, -0.25) is 0 Å². The van der Waals surface area contributed by atoms with E-state index in [0.29, 0.717) is 29.4 Å². The van der Waals surface area contributed by atoms with Crippen LogP contribution in [-0.4, -0.2) is 49.9 Å². The molecule has 0 aliphatic heterocycles. The first kappa shape index (κ1) is 19.6. The minimum atomic E-state index is -0.556. The Hall–Kier alpha value is -3.74. The normalized spacial score (nSPS) is 11.7. The molecule has 4 rings (SSSR count). The van der Waals surface area contributed by atoms with E-state index in [0.717, 1.165) is 16.6 Å². The molecule has 30 heavy (non-hydrogen) atoms. The number of rotatable bonds is 7. The quantitative estimate of drug-likeness (QED) is 0.501. The smallest absolute Gasteiger partial charge is 0.244 e. The number of ether oxygens (including phenoxy) is 1. The Bertz CT molecular complexity index is 1250. The molecule has 0 bridgehead atoms. The van der Waals surface area contributed by atoms with Gasteiger partial charge >= 0.3 is 0 Å². The number of alkyl halides is 1. The molecule has 0 fully saturated rings. The zero-order valence-corrected chi connectivity index (χ0v) is 16.9. The first-order chi connectivity index (χ1) is 14.5. The minimum absolute atomic E-state index is 0.150. The number of hydrogen-bond donors (Lipinski definition) is 1. The molecule has 1 aromatic carbocycles. The molecule has 0 amide bonds. The van der Waals surface area contributed by atoms with Gasteiger partial charge < -0.3 is 10.1 Å². The third-order valence-electron chi connectivity index (χ3n) is 4.78. The Morgan fingerprint density at radius 3 is 2.87 bits per heavy atom. The maximum Gasteiger partial charge on any atom is 0.244 e. The molecule has 0 aliphatic rings. The van der Waals surface area contributed by atoms with Crippen molar-refractivity contribution in [3.8, 4) is 23.1 Å². The number of aryl methyl sites for hydroxylation is 1. The van der Waals surface area contributed by atoms with E-state index < -0.39 is 12.1 Å². The Labute approximate surface area is 172 Å². The molecule has 9 nitrogen and oxygen atoms in total. The third-order valence-corrected chi connectivity index (χ3v) is 4.78. The molecular weight excluding hydrogens is 387 g/mol. The molecule has 0 unspecified atom stereocenters. The number of aromatic nitrogens is 6. The highest BCUT2D eigenvalue weighted by Crippen LogP contribution is 2.32. The van der Waals surface area contributed by atoms with Crippen LogP contribution in [-0.2, 0) is 6.54 Å². The summed E-state index contributed by atoms with van der Waals surface area (Å²) >= 11 is 0. The summed E-state index contributed by atoms with van der Waals surface area (Å²) in [5.41, 5.74) is 3.35. The summed E-state index contributed by atoms with van der Waals surface area (Å²) in [7, 11) is 1.55. The van der Waals surface area contributed by atoms with Crippen molar-refractivity contribution in [1.82, 2.24) is 29.6 Å². The molecule has 10 heteroatoms. The van der Waals surface area contributed by atoms with E-state index in [2.05, 4.69) is 31.8 Å². The Kier molecular flexibility index (Phi) is 4.95. The van der Waals surface area contributed by atoms with Gasteiger partial charge in [0.15, 0.2) is 0 Å². The van der Waals surface area contributed by atoms with Gasteiger partial charge in [0.05, 0.1) is 30.7 Å². The molecule has 0 aliphatic carbocycles. The Morgan fingerprint density at radius 1 is 1.30 bits per heavy atom. The van der Waals surface area contributed by atoms with Crippen molar-refractivity contribution in [2.45, 2.75) is 20.4 Å². The number of nitriles is 1. The fraction of sp³-hybridized carbons (Fsp3) is 0.350. The molecule has 3 aromatic heterocycles. The number of nitrogens with one attached hydrogen (secondary N) is 1. The van der Waals surface area contributed by atoms with Crippen LogP contribution < -0.4 is 10.1 Å². The van der Waals surface area contributed by atoms with Gasteiger partial charge in [-0.25, -0.2) is 13.6 Å². The van der Waals surface area contributed by atoms with Gasteiger partial charge in [0, 0.05) is 18.3 Å². The maximum atomic E-state index is 12.8. The van der Waals surface area contributed by atoms with Crippen molar-refractivity contribution in [3.63, 3.8) is 0 Å². The molecule has 0 saturated heterocycles. The van der Waals surface area contributed by atoms with E-state index in [1.807, 2.05) is 44.3 Å². The van der Waals surface area contributed by atoms with Crippen LogP contribution in [0, 0.1) is 16.7 Å². The van der Waals surface area contributed by atoms with Gasteiger partial charge in [0.25, 0.3) is 0 Å². The van der Waals surface area contributed by atoms with Crippen LogP contribution in [0.15, 0.2) is 30.5 Å². The van der Waals surface area contributed by atoms with Crippen LogP contribution in [0.1, 0.15) is 13.8 Å². The topological polar surface area (TPSA) is 106 Å². The second kappa shape index (κ2) is 7.59. The second-order valence-corrected chi connectivity index (χ2v) is 7.52. The van der Waals surface area contributed by atoms with E-state index >= 15 is 0 Å². The number of fused-ring (bicyclic) bond motifs is 2. The van der Waals surface area contributed by atoms with Crippen molar-refractivity contribution < 1.29 is 9.13 Å². The zero-order chi connectivity index (χ0) is 21.3. The van der Waals surface area contributed by atoms with Gasteiger partial charge in [-0.2, -0.15) is 10.2 Å². The molecule has 4 aromatic rings. The summed E-state index contributed by atoms with van der Waals surface area (Å²) in [4.78, 5) is 4.46. The number of hydrogen-bond acceptors (Lipinski definition) is 7. The lowest BCUT2D eigenvalue weighted by molar-refractivity contribution is 0.399. The van der Waals surface area contributed by atoms with Crippen molar-refractivity contribution in [2.75, 3.05) is 25.6 Å². The lowest BCUT2D eigenvalue weighted by Gasteiger charge is -2.16. The zero-order valence-electron chi connectivity index (χ0n) is 16.9. The number of anilines is 1. The lowest BCUT2D eigenvalue weighted by atomic mass is 9.96. The summed E-state index contributed by atoms with van der Waals surface area (Å²) in [6, 6.07) is 9.85. The van der Waals surface area contributed by atoms with E-state index in [1.54, 1.807) is 16.3 Å². The van der Waals surface area contributed by atoms with E-state index in [9.17, 15) is 9.65 Å². The number of methoxy groups -OCH3 is 1. The summed E-state index contributed by atoms with van der Waals surface area (Å²) in [5, 5.41) is 24.9. The number of benzene rings is 1. The molecule has 0 saturated carbocycles. The highest BCUT2D eigenvalue weighted by atomic mass is 19.1. The fourth-order valence-electron chi connectivity index (χ4n) is 3.16. The molecule has 0 spiro atoms. The lowest BCUT2D eigenvalue weighted by Crippen LogP contribution is -2.22. The monoisotopic (exact) mass is 408 g/mol. The van der Waals surface area contributed by atoms with E-state index in [-0.39, 0.29) is 6.54 Å². The van der Waals surface area contributed by atoms with Crippen molar-refractivity contribution >= 4 is 22.5 Å². The van der Waals surface area contributed by atoms with Crippen LogP contribution in [0.4, 0.5) is 10.3 Å². The first-order valence-corrected chi connectivity index (χ1v) is 9.44. The highest BCUT2D eigenvalue weighted by Gasteiger charge is 2.19. The average molecular weight is 408 g/mol. The SMILES string of the molecule is COc1nc(NCC(C)(C)C#N)nn2ccc(-c3ccc4nnn(CCF)c4c3)c12. The molecule has 0 atom stereocenters. The Morgan fingerprint density at radius 2 is 2.13 bits per heavy atom. The van der Waals surface area contributed by atoms with Crippen LogP contribution in [0.25, 0.3) is 27.7 Å². The second-order valence-electron chi connectivity index (χ2n) is 7.52. The molecule has 0 radical (unpaired) electrons. The third kappa shape index (κ3) is 3.50. The molecule has 154 valence electrons. The van der Waals surface area contributed by atoms with Gasteiger partial charge in [-0.15, -0.1) is 10.2 Å². The van der Waals surface area contributed by atoms with E-state index in [4.69, 9.17) is 4.74 Å². The summed E-state index contributed by atoms with van der Waals surface area (Å²) in [6.07, 6.45) is 1.82. The van der Waals surface area contributed by atoms with Gasteiger partial charge in [-0.05, 0) is 37.6 Å². The number of halogens is 1. The first-order valence-electron chi connectivity index (χ1n) is 9.44. The molecular formula is C20H21FN8O. The highest BCUT2D eigenvalue weighted by molar-refractivity contribution is 5.89. The van der Waals surface area contributed by atoms with Crippen molar-refractivity contribution in [3.05, 3.63) is 30.5 Å². The fourth-order valence-corrected chi connectivity index (χ4v) is 3.16. The Balaban J connectivity index is 1.76. The van der Waals surface area contributed by atoms with Gasteiger partial charge in [-0.1, -0.05) is 11.3 Å². The van der Waals surface area contributed by atoms with Crippen molar-refractivity contribution in [2.24, 2.45) is 5.41 Å². The maximum absolute atomic E-state index is 12.8. The average Bonchev–Trinajstić information content (AvgIpc) is 3.36. The van der Waals surface area contributed by atoms with Crippen LogP contribution in [0.3, 0.4) is 0 Å². The predicted molar refractivity (Wildman–Crippen MR) is 110 cm³/mol.